The van der Waals surface area contributed by atoms with Crippen molar-refractivity contribution in [1.29, 1.82) is 0 Å². The first kappa shape index (κ1) is 24.0. The molecule has 0 spiro atoms. The number of methoxy groups -OCH3 is 1. The van der Waals surface area contributed by atoms with Gasteiger partial charge in [0.1, 0.15) is 12.3 Å². The van der Waals surface area contributed by atoms with Gasteiger partial charge in [0.25, 0.3) is 5.91 Å². The molecule has 6 heteroatoms. The summed E-state index contributed by atoms with van der Waals surface area (Å²) < 4.78 is 5.24. The molecule has 1 heterocycles. The standard InChI is InChI=1S/C28H32N2O3S/c1-33-25-16-14-23(15-17-25)28(32)30(24-11-6-3-7-12-24)21-27(31)29(20-26-13-8-18-34-26)19-22-9-4-2-5-10-22/h2,4-5,8-10,13-18,24H,3,6-7,11-12,19-21H2,1H3. The van der Waals surface area contributed by atoms with Crippen molar-refractivity contribution in [3.63, 3.8) is 0 Å². The van der Waals surface area contributed by atoms with E-state index in [0.29, 0.717) is 24.4 Å². The highest BCUT2D eigenvalue weighted by atomic mass is 32.1. The molecular weight excluding hydrogens is 444 g/mol. The second-order valence-electron chi connectivity index (χ2n) is 8.77. The molecule has 0 aliphatic heterocycles. The van der Waals surface area contributed by atoms with Crippen LogP contribution in [0.25, 0.3) is 0 Å². The summed E-state index contributed by atoms with van der Waals surface area (Å²) in [6, 6.07) is 21.4. The van der Waals surface area contributed by atoms with E-state index < -0.39 is 0 Å². The lowest BCUT2D eigenvalue weighted by Gasteiger charge is -2.35. The summed E-state index contributed by atoms with van der Waals surface area (Å²) in [4.78, 5) is 32.1. The van der Waals surface area contributed by atoms with E-state index in [1.807, 2.05) is 51.6 Å². The number of carbonyl (C=O) groups excluding carboxylic acids is 2. The van der Waals surface area contributed by atoms with Gasteiger partial charge in [0.05, 0.1) is 13.7 Å². The Morgan fingerprint density at radius 2 is 1.65 bits per heavy atom. The van der Waals surface area contributed by atoms with Crippen molar-refractivity contribution in [3.05, 3.63) is 88.1 Å². The van der Waals surface area contributed by atoms with Gasteiger partial charge in [0, 0.05) is 23.0 Å². The molecule has 0 atom stereocenters. The number of thiophene rings is 1. The Morgan fingerprint density at radius 3 is 2.29 bits per heavy atom. The third kappa shape index (κ3) is 6.26. The molecule has 3 aromatic rings. The SMILES string of the molecule is COc1ccc(C(=O)N(CC(=O)N(Cc2ccccc2)Cc2cccs2)C2CCCCC2)cc1. The van der Waals surface area contributed by atoms with Crippen molar-refractivity contribution in [1.82, 2.24) is 9.80 Å². The summed E-state index contributed by atoms with van der Waals surface area (Å²) >= 11 is 1.65. The minimum Gasteiger partial charge on any atom is -0.497 e. The zero-order chi connectivity index (χ0) is 23.8. The molecule has 0 N–H and O–H groups in total. The summed E-state index contributed by atoms with van der Waals surface area (Å²) in [7, 11) is 1.61. The molecule has 1 aliphatic carbocycles. The quantitative estimate of drug-likeness (QED) is 0.394. The molecule has 178 valence electrons. The van der Waals surface area contributed by atoms with Crippen molar-refractivity contribution in [2.75, 3.05) is 13.7 Å². The Morgan fingerprint density at radius 1 is 0.912 bits per heavy atom. The molecule has 1 saturated carbocycles. The monoisotopic (exact) mass is 476 g/mol. The summed E-state index contributed by atoms with van der Waals surface area (Å²) in [5.74, 6) is 0.602. The van der Waals surface area contributed by atoms with E-state index in [2.05, 4.69) is 6.07 Å². The van der Waals surface area contributed by atoms with Crippen molar-refractivity contribution in [2.45, 2.75) is 51.2 Å². The minimum absolute atomic E-state index is 0.0234. The zero-order valence-corrected chi connectivity index (χ0v) is 20.5. The first-order valence-electron chi connectivity index (χ1n) is 11.9. The number of hydrogen-bond acceptors (Lipinski definition) is 4. The fraction of sp³-hybridized carbons (Fsp3) is 0.357. The maximum Gasteiger partial charge on any atom is 0.254 e. The molecule has 0 bridgehead atoms. The number of nitrogens with zero attached hydrogens (tertiary/aromatic N) is 2. The smallest absolute Gasteiger partial charge is 0.254 e. The van der Waals surface area contributed by atoms with Gasteiger partial charge in [0.15, 0.2) is 0 Å². The van der Waals surface area contributed by atoms with Crippen LogP contribution in [-0.2, 0) is 17.9 Å². The number of benzene rings is 2. The summed E-state index contributed by atoms with van der Waals surface area (Å²) in [6.07, 6.45) is 5.26. The fourth-order valence-corrected chi connectivity index (χ4v) is 5.25. The molecule has 0 radical (unpaired) electrons. The largest absolute Gasteiger partial charge is 0.497 e. The van der Waals surface area contributed by atoms with Gasteiger partial charge in [0.2, 0.25) is 5.91 Å². The van der Waals surface area contributed by atoms with Gasteiger partial charge >= 0.3 is 0 Å². The van der Waals surface area contributed by atoms with Crippen LogP contribution < -0.4 is 4.74 Å². The van der Waals surface area contributed by atoms with Gasteiger partial charge in [-0.2, -0.15) is 0 Å². The van der Waals surface area contributed by atoms with Crippen LogP contribution in [0.4, 0.5) is 0 Å². The molecule has 5 nitrogen and oxygen atoms in total. The van der Waals surface area contributed by atoms with Crippen LogP contribution in [0.2, 0.25) is 0 Å². The van der Waals surface area contributed by atoms with Gasteiger partial charge in [-0.1, -0.05) is 55.7 Å². The predicted octanol–water partition coefficient (Wildman–Crippen LogP) is 5.76. The van der Waals surface area contributed by atoms with Crippen LogP contribution in [0.15, 0.2) is 72.1 Å². The fourth-order valence-electron chi connectivity index (χ4n) is 4.53. The first-order valence-corrected chi connectivity index (χ1v) is 12.8. The molecular formula is C28H32N2O3S. The lowest BCUT2D eigenvalue weighted by molar-refractivity contribution is -0.133. The number of carbonyl (C=O) groups is 2. The summed E-state index contributed by atoms with van der Waals surface area (Å²) in [6.45, 7) is 1.15. The normalized spacial score (nSPS) is 13.9. The van der Waals surface area contributed by atoms with Gasteiger partial charge in [-0.3, -0.25) is 9.59 Å². The Bertz CT molecular complexity index is 1050. The average Bonchev–Trinajstić information content (AvgIpc) is 3.41. The van der Waals surface area contributed by atoms with Crippen LogP contribution >= 0.6 is 11.3 Å². The van der Waals surface area contributed by atoms with Gasteiger partial charge in [-0.15, -0.1) is 11.3 Å². The summed E-state index contributed by atoms with van der Waals surface area (Å²) in [5, 5.41) is 2.03. The molecule has 2 aromatic carbocycles. The van der Waals surface area contributed by atoms with Gasteiger partial charge in [-0.25, -0.2) is 0 Å². The van der Waals surface area contributed by atoms with Crippen LogP contribution in [0, 0.1) is 0 Å². The van der Waals surface area contributed by atoms with E-state index in [0.717, 1.165) is 36.1 Å². The second kappa shape index (κ2) is 11.8. The number of ether oxygens (including phenoxy) is 1. The summed E-state index contributed by atoms with van der Waals surface area (Å²) in [5.41, 5.74) is 1.67. The van der Waals surface area contributed by atoms with Crippen LogP contribution in [-0.4, -0.2) is 41.3 Å². The number of hydrogen-bond donors (Lipinski definition) is 0. The van der Waals surface area contributed by atoms with Crippen molar-refractivity contribution >= 4 is 23.2 Å². The van der Waals surface area contributed by atoms with Crippen LogP contribution in [0.1, 0.15) is 52.9 Å². The maximum absolute atomic E-state index is 13.7. The third-order valence-electron chi connectivity index (χ3n) is 6.41. The van der Waals surface area contributed by atoms with E-state index in [9.17, 15) is 9.59 Å². The van der Waals surface area contributed by atoms with E-state index in [1.54, 1.807) is 42.7 Å². The topological polar surface area (TPSA) is 49.9 Å². The Balaban J connectivity index is 1.56. The van der Waals surface area contributed by atoms with Gasteiger partial charge in [-0.05, 0) is 54.1 Å². The molecule has 2 amide bonds. The lowest BCUT2D eigenvalue weighted by Crippen LogP contribution is -2.48. The molecule has 0 saturated heterocycles. The highest BCUT2D eigenvalue weighted by molar-refractivity contribution is 7.09. The van der Waals surface area contributed by atoms with Crippen LogP contribution in [0.3, 0.4) is 0 Å². The molecule has 1 aromatic heterocycles. The minimum atomic E-state index is -0.0845. The van der Waals surface area contributed by atoms with E-state index in [1.165, 1.54) is 6.42 Å². The van der Waals surface area contributed by atoms with Crippen molar-refractivity contribution < 1.29 is 14.3 Å². The highest BCUT2D eigenvalue weighted by Gasteiger charge is 2.30. The third-order valence-corrected chi connectivity index (χ3v) is 7.28. The molecule has 4 rings (SSSR count). The van der Waals surface area contributed by atoms with E-state index >= 15 is 0 Å². The van der Waals surface area contributed by atoms with Crippen LogP contribution in [0.5, 0.6) is 5.75 Å². The van der Waals surface area contributed by atoms with Gasteiger partial charge < -0.3 is 14.5 Å². The Kier molecular flexibility index (Phi) is 8.36. The lowest BCUT2D eigenvalue weighted by atomic mass is 9.93. The zero-order valence-electron chi connectivity index (χ0n) is 19.7. The van der Waals surface area contributed by atoms with E-state index in [-0.39, 0.29) is 24.4 Å². The predicted molar refractivity (Wildman–Crippen MR) is 136 cm³/mol. The maximum atomic E-state index is 13.7. The molecule has 1 fully saturated rings. The average molecular weight is 477 g/mol. The van der Waals surface area contributed by atoms with Crippen molar-refractivity contribution in [3.8, 4) is 5.75 Å². The van der Waals surface area contributed by atoms with Crippen molar-refractivity contribution in [2.24, 2.45) is 0 Å². The second-order valence-corrected chi connectivity index (χ2v) is 9.80. The first-order chi connectivity index (χ1) is 16.6. The molecule has 0 unspecified atom stereocenters. The number of amides is 2. The molecule has 1 aliphatic rings. The molecule has 34 heavy (non-hydrogen) atoms. The number of rotatable bonds is 9. The Labute approximate surface area is 206 Å². The van der Waals surface area contributed by atoms with E-state index in [4.69, 9.17) is 4.74 Å². The highest BCUT2D eigenvalue weighted by Crippen LogP contribution is 2.25. The Hall–Kier alpha value is -3.12.